The van der Waals surface area contributed by atoms with Crippen LogP contribution in [0.2, 0.25) is 0 Å². The second-order valence-corrected chi connectivity index (χ2v) is 8.67. The van der Waals surface area contributed by atoms with Crippen molar-refractivity contribution in [2.45, 2.75) is 19.4 Å². The number of nitrogens with zero attached hydrogens (tertiary/aromatic N) is 2. The molecule has 0 spiro atoms. The molecule has 10 heteroatoms. The van der Waals surface area contributed by atoms with Gasteiger partial charge in [0.2, 0.25) is 0 Å². The monoisotopic (exact) mass is 500 g/mol. The van der Waals surface area contributed by atoms with Crippen molar-refractivity contribution < 1.29 is 17.9 Å². The molecule has 2 rings (SSSR count). The van der Waals surface area contributed by atoms with E-state index in [1.165, 1.54) is 6.26 Å². The Labute approximate surface area is 172 Å². The molecule has 1 aliphatic heterocycles. The number of nitrogens with one attached hydrogen (secondary N) is 2. The van der Waals surface area contributed by atoms with E-state index >= 15 is 0 Å². The normalized spacial score (nSPS) is 20.0. The van der Waals surface area contributed by atoms with Gasteiger partial charge in [0.25, 0.3) is 0 Å². The third-order valence-corrected chi connectivity index (χ3v) is 5.71. The standard InChI is InChI=1S/C16H28N4O4S.HI/c1-3-17-15(19-13-16(2,21)14-5-4-10-24-14)18-6-7-20-8-11-25(22,23)12-9-20;/h4-5,10,21H,3,6-9,11-13H2,1-2H3,(H2,17,18,19);1H. The smallest absolute Gasteiger partial charge is 0.191 e. The largest absolute Gasteiger partial charge is 0.466 e. The third-order valence-electron chi connectivity index (χ3n) is 4.10. The second-order valence-electron chi connectivity index (χ2n) is 6.37. The van der Waals surface area contributed by atoms with E-state index in [-0.39, 0.29) is 42.0 Å². The average Bonchev–Trinajstić information content (AvgIpc) is 3.09. The molecule has 150 valence electrons. The first-order chi connectivity index (χ1) is 11.8. The van der Waals surface area contributed by atoms with Gasteiger partial charge in [-0.15, -0.1) is 24.0 Å². The summed E-state index contributed by atoms with van der Waals surface area (Å²) in [5, 5.41) is 16.8. The Kier molecular flexibility index (Phi) is 9.34. The summed E-state index contributed by atoms with van der Waals surface area (Å²) in [5.41, 5.74) is -1.17. The van der Waals surface area contributed by atoms with Crippen LogP contribution in [-0.2, 0) is 15.4 Å². The molecular weight excluding hydrogens is 471 g/mol. The van der Waals surface area contributed by atoms with Gasteiger partial charge in [-0.05, 0) is 26.0 Å². The van der Waals surface area contributed by atoms with E-state index in [2.05, 4.69) is 20.5 Å². The van der Waals surface area contributed by atoms with Crippen LogP contribution in [0.15, 0.2) is 27.8 Å². The fraction of sp³-hybridized carbons (Fsp3) is 0.688. The summed E-state index contributed by atoms with van der Waals surface area (Å²) in [7, 11) is -2.85. The first kappa shape index (κ1) is 23.2. The highest BCUT2D eigenvalue weighted by molar-refractivity contribution is 14.0. The molecule has 1 aromatic heterocycles. The molecule has 8 nitrogen and oxygen atoms in total. The second kappa shape index (κ2) is 10.5. The molecule has 0 amide bonds. The molecule has 0 saturated carbocycles. The fourth-order valence-corrected chi connectivity index (χ4v) is 3.82. The third kappa shape index (κ3) is 7.41. The molecule has 0 aliphatic carbocycles. The van der Waals surface area contributed by atoms with Gasteiger partial charge >= 0.3 is 0 Å². The van der Waals surface area contributed by atoms with E-state index in [4.69, 9.17) is 4.42 Å². The number of hydrogen-bond acceptors (Lipinski definition) is 6. The van der Waals surface area contributed by atoms with Crippen LogP contribution >= 0.6 is 24.0 Å². The summed E-state index contributed by atoms with van der Waals surface area (Å²) in [6.45, 7) is 7.04. The van der Waals surface area contributed by atoms with Crippen molar-refractivity contribution in [1.82, 2.24) is 15.5 Å². The van der Waals surface area contributed by atoms with Crippen LogP contribution in [-0.4, -0.2) is 75.2 Å². The zero-order chi connectivity index (χ0) is 18.3. The van der Waals surface area contributed by atoms with E-state index in [1.807, 2.05) is 6.92 Å². The van der Waals surface area contributed by atoms with E-state index in [0.717, 1.165) is 6.54 Å². The first-order valence-electron chi connectivity index (χ1n) is 8.54. The Hall–Kier alpha value is -0.850. The Morgan fingerprint density at radius 2 is 2.08 bits per heavy atom. The lowest BCUT2D eigenvalue weighted by molar-refractivity contribution is 0.0437. The number of guanidine groups is 1. The van der Waals surface area contributed by atoms with Crippen LogP contribution in [0.4, 0.5) is 0 Å². The molecule has 0 aromatic carbocycles. The van der Waals surface area contributed by atoms with Crippen molar-refractivity contribution in [3.8, 4) is 0 Å². The minimum Gasteiger partial charge on any atom is -0.466 e. The lowest BCUT2D eigenvalue weighted by Gasteiger charge is -2.26. The molecule has 1 unspecified atom stereocenters. The Morgan fingerprint density at radius 3 is 2.65 bits per heavy atom. The van der Waals surface area contributed by atoms with Crippen molar-refractivity contribution in [1.29, 1.82) is 0 Å². The summed E-state index contributed by atoms with van der Waals surface area (Å²) in [5.74, 6) is 1.54. The topological polar surface area (TPSA) is 107 Å². The molecule has 1 aromatic rings. The van der Waals surface area contributed by atoms with Crippen LogP contribution < -0.4 is 10.6 Å². The highest BCUT2D eigenvalue weighted by atomic mass is 127. The molecule has 26 heavy (non-hydrogen) atoms. The summed E-state index contributed by atoms with van der Waals surface area (Å²) in [6.07, 6.45) is 1.52. The Morgan fingerprint density at radius 1 is 1.38 bits per heavy atom. The Balaban J connectivity index is 0.00000338. The van der Waals surface area contributed by atoms with Gasteiger partial charge in [0.15, 0.2) is 15.8 Å². The molecule has 0 radical (unpaired) electrons. The highest BCUT2D eigenvalue weighted by Gasteiger charge is 2.26. The predicted molar refractivity (Wildman–Crippen MR) is 113 cm³/mol. The molecule has 0 bridgehead atoms. The van der Waals surface area contributed by atoms with Gasteiger partial charge in [-0.25, -0.2) is 13.4 Å². The zero-order valence-electron chi connectivity index (χ0n) is 15.3. The van der Waals surface area contributed by atoms with Gasteiger partial charge < -0.3 is 20.2 Å². The van der Waals surface area contributed by atoms with E-state index in [0.29, 0.717) is 37.9 Å². The minimum atomic E-state index is -2.85. The zero-order valence-corrected chi connectivity index (χ0v) is 18.4. The fourth-order valence-electron chi connectivity index (χ4n) is 2.54. The maximum atomic E-state index is 11.4. The van der Waals surface area contributed by atoms with Gasteiger partial charge in [0.1, 0.15) is 11.4 Å². The molecule has 3 N–H and O–H groups in total. The summed E-state index contributed by atoms with van der Waals surface area (Å²) >= 11 is 0. The van der Waals surface area contributed by atoms with E-state index in [1.54, 1.807) is 19.1 Å². The summed E-state index contributed by atoms with van der Waals surface area (Å²) < 4.78 is 28.1. The molecule has 1 fully saturated rings. The molecule has 1 aliphatic rings. The Bertz CT molecular complexity index is 648. The van der Waals surface area contributed by atoms with Crippen molar-refractivity contribution in [2.24, 2.45) is 4.99 Å². The van der Waals surface area contributed by atoms with Crippen molar-refractivity contribution in [3.05, 3.63) is 24.2 Å². The van der Waals surface area contributed by atoms with Gasteiger partial charge in [0.05, 0.1) is 24.3 Å². The minimum absolute atomic E-state index is 0. The van der Waals surface area contributed by atoms with Crippen LogP contribution in [0.25, 0.3) is 0 Å². The number of hydrogen-bond donors (Lipinski definition) is 3. The van der Waals surface area contributed by atoms with Gasteiger partial charge in [-0.1, -0.05) is 0 Å². The summed E-state index contributed by atoms with van der Waals surface area (Å²) in [6, 6.07) is 3.45. The quantitative estimate of drug-likeness (QED) is 0.283. The van der Waals surface area contributed by atoms with Gasteiger partial charge in [-0.3, -0.25) is 4.90 Å². The number of sulfone groups is 1. The van der Waals surface area contributed by atoms with Crippen molar-refractivity contribution in [2.75, 3.05) is 50.8 Å². The van der Waals surface area contributed by atoms with Gasteiger partial charge in [0, 0.05) is 32.7 Å². The molecule has 2 heterocycles. The van der Waals surface area contributed by atoms with Crippen molar-refractivity contribution in [3.63, 3.8) is 0 Å². The van der Waals surface area contributed by atoms with Crippen LogP contribution in [0.5, 0.6) is 0 Å². The van der Waals surface area contributed by atoms with E-state index in [9.17, 15) is 13.5 Å². The maximum Gasteiger partial charge on any atom is 0.191 e. The number of rotatable bonds is 7. The molecule has 1 saturated heterocycles. The molecule has 1 atom stereocenters. The van der Waals surface area contributed by atoms with Crippen LogP contribution in [0.1, 0.15) is 19.6 Å². The van der Waals surface area contributed by atoms with E-state index < -0.39 is 15.4 Å². The SMILES string of the molecule is CCNC(=NCC(C)(O)c1ccco1)NCCN1CCS(=O)(=O)CC1.I. The van der Waals surface area contributed by atoms with Crippen LogP contribution in [0.3, 0.4) is 0 Å². The number of halogens is 1. The predicted octanol–water partition coefficient (Wildman–Crippen LogP) is 0.391. The van der Waals surface area contributed by atoms with Crippen LogP contribution in [0, 0.1) is 0 Å². The lowest BCUT2D eigenvalue weighted by atomic mass is 10.0. The average molecular weight is 500 g/mol. The van der Waals surface area contributed by atoms with Crippen molar-refractivity contribution >= 4 is 39.8 Å². The number of furan rings is 1. The van der Waals surface area contributed by atoms with Gasteiger partial charge in [-0.2, -0.15) is 0 Å². The maximum absolute atomic E-state index is 11.4. The highest BCUT2D eigenvalue weighted by Crippen LogP contribution is 2.20. The summed E-state index contributed by atoms with van der Waals surface area (Å²) in [4.78, 5) is 6.54. The number of aliphatic imine (C=N–C) groups is 1. The number of aliphatic hydroxyl groups is 1. The lowest BCUT2D eigenvalue weighted by Crippen LogP contribution is -2.46. The first-order valence-corrected chi connectivity index (χ1v) is 10.4. The molecular formula is C16H29IN4O4S.